The highest BCUT2D eigenvalue weighted by Crippen LogP contribution is 2.33. The first-order valence-corrected chi connectivity index (χ1v) is 14.6. The van der Waals surface area contributed by atoms with Gasteiger partial charge in [0.05, 0.1) is 31.9 Å². The molecule has 0 unspecified atom stereocenters. The molecular formula is C23H25N8O6PS-2. The third-order valence-electron chi connectivity index (χ3n) is 6.14. The lowest BCUT2D eigenvalue weighted by Gasteiger charge is -2.28. The van der Waals surface area contributed by atoms with Gasteiger partial charge in [-0.2, -0.15) is 10.2 Å². The Balaban J connectivity index is 1.32. The van der Waals surface area contributed by atoms with Gasteiger partial charge in [0.15, 0.2) is 11.5 Å². The average Bonchev–Trinajstić information content (AvgIpc) is 3.68. The van der Waals surface area contributed by atoms with Gasteiger partial charge in [-0.15, -0.1) is 11.3 Å². The Morgan fingerprint density at radius 3 is 2.69 bits per heavy atom. The van der Waals surface area contributed by atoms with Crippen LogP contribution in [-0.2, 0) is 20.6 Å². The molecule has 1 fully saturated rings. The number of aromatic nitrogens is 7. The van der Waals surface area contributed by atoms with Crippen molar-refractivity contribution in [3.63, 3.8) is 0 Å². The van der Waals surface area contributed by atoms with Crippen molar-refractivity contribution in [1.29, 1.82) is 0 Å². The highest BCUT2D eigenvalue weighted by Gasteiger charge is 2.26. The van der Waals surface area contributed by atoms with Gasteiger partial charge >= 0.3 is 0 Å². The topological polar surface area (TPSA) is 185 Å². The summed E-state index contributed by atoms with van der Waals surface area (Å²) >= 11 is 1.21. The van der Waals surface area contributed by atoms with E-state index >= 15 is 0 Å². The van der Waals surface area contributed by atoms with Crippen LogP contribution in [0.2, 0.25) is 0 Å². The Hall–Kier alpha value is -3.33. The second kappa shape index (κ2) is 11.8. The maximum Gasteiger partial charge on any atom is 0.275 e. The SMILES string of the molecule is CCOC1CCC(n2cc(NC(=O)c3csc(-c4cnn(COP(=O)([O-])[O-])c4)n3)c(-c3ncccn3)n2)CC1. The van der Waals surface area contributed by atoms with Crippen molar-refractivity contribution in [2.75, 3.05) is 11.9 Å². The summed E-state index contributed by atoms with van der Waals surface area (Å²) in [6, 6.07) is 1.87. The lowest BCUT2D eigenvalue weighted by atomic mass is 9.93. The first kappa shape index (κ1) is 27.2. The van der Waals surface area contributed by atoms with Gasteiger partial charge in [0, 0.05) is 42.3 Å². The molecule has 1 aliphatic carbocycles. The summed E-state index contributed by atoms with van der Waals surface area (Å²) < 4.78 is 23.7. The molecule has 0 radical (unpaired) electrons. The largest absolute Gasteiger partial charge is 0.790 e. The van der Waals surface area contributed by atoms with E-state index < -0.39 is 20.5 Å². The molecule has 0 atom stereocenters. The number of rotatable bonds is 10. The van der Waals surface area contributed by atoms with Crippen LogP contribution in [0.25, 0.3) is 22.1 Å². The molecule has 5 rings (SSSR count). The number of nitrogens with one attached hydrogen (secondary N) is 1. The van der Waals surface area contributed by atoms with E-state index in [0.717, 1.165) is 30.4 Å². The van der Waals surface area contributed by atoms with E-state index in [0.29, 0.717) is 34.4 Å². The number of carbonyl (C=O) groups is 1. The molecule has 4 aromatic rings. The Morgan fingerprint density at radius 2 is 1.97 bits per heavy atom. The first-order valence-electron chi connectivity index (χ1n) is 12.2. The molecular weight excluding hydrogens is 547 g/mol. The summed E-state index contributed by atoms with van der Waals surface area (Å²) in [4.78, 5) is 47.5. The molecule has 0 aliphatic heterocycles. The van der Waals surface area contributed by atoms with E-state index in [1.54, 1.807) is 30.0 Å². The van der Waals surface area contributed by atoms with Crippen molar-refractivity contribution in [3.05, 3.63) is 48.1 Å². The summed E-state index contributed by atoms with van der Waals surface area (Å²) in [6.07, 6.45) is 11.9. The number of nitrogens with zero attached hydrogens (tertiary/aromatic N) is 7. The van der Waals surface area contributed by atoms with Gasteiger partial charge in [0.2, 0.25) is 0 Å². The quantitative estimate of drug-likeness (QED) is 0.275. The molecule has 206 valence electrons. The van der Waals surface area contributed by atoms with Gasteiger partial charge < -0.3 is 28.9 Å². The molecule has 0 bridgehead atoms. The summed E-state index contributed by atoms with van der Waals surface area (Å²) in [5.41, 5.74) is 1.63. The minimum absolute atomic E-state index is 0.165. The van der Waals surface area contributed by atoms with Gasteiger partial charge in [-0.05, 0) is 38.7 Å². The number of hydrogen-bond donors (Lipinski definition) is 1. The second-order valence-corrected chi connectivity index (χ2v) is 10.8. The molecule has 0 saturated heterocycles. The van der Waals surface area contributed by atoms with Crippen molar-refractivity contribution in [2.45, 2.75) is 51.5 Å². The Labute approximate surface area is 227 Å². The first-order chi connectivity index (χ1) is 18.8. The van der Waals surface area contributed by atoms with Crippen molar-refractivity contribution in [1.82, 2.24) is 34.5 Å². The maximum absolute atomic E-state index is 13.2. The van der Waals surface area contributed by atoms with E-state index in [4.69, 9.17) is 9.84 Å². The third-order valence-corrected chi connectivity index (χ3v) is 7.47. The lowest BCUT2D eigenvalue weighted by molar-refractivity contribution is -0.344. The zero-order valence-corrected chi connectivity index (χ0v) is 22.6. The van der Waals surface area contributed by atoms with E-state index in [9.17, 15) is 19.1 Å². The molecule has 1 aliphatic rings. The zero-order valence-electron chi connectivity index (χ0n) is 20.9. The Morgan fingerprint density at radius 1 is 1.21 bits per heavy atom. The van der Waals surface area contributed by atoms with E-state index in [2.05, 4.69) is 29.9 Å². The predicted octanol–water partition coefficient (Wildman–Crippen LogP) is 2.24. The lowest BCUT2D eigenvalue weighted by Crippen LogP contribution is -2.24. The van der Waals surface area contributed by atoms with Crippen molar-refractivity contribution in [3.8, 4) is 22.1 Å². The molecule has 1 N–H and O–H groups in total. The Bertz CT molecular complexity index is 1460. The summed E-state index contributed by atoms with van der Waals surface area (Å²) in [5.74, 6) is -0.0486. The fourth-order valence-corrected chi connectivity index (χ4v) is 5.38. The summed E-state index contributed by atoms with van der Waals surface area (Å²) in [6.45, 7) is 2.15. The van der Waals surface area contributed by atoms with Crippen LogP contribution in [0.15, 0.2) is 42.4 Å². The maximum atomic E-state index is 13.2. The number of ether oxygens (including phenoxy) is 1. The van der Waals surface area contributed by atoms with Gasteiger partial charge in [0.1, 0.15) is 17.4 Å². The molecule has 4 heterocycles. The van der Waals surface area contributed by atoms with E-state index in [-0.39, 0.29) is 17.8 Å². The van der Waals surface area contributed by atoms with Gasteiger partial charge in [-0.25, -0.2) is 19.6 Å². The van der Waals surface area contributed by atoms with Crippen LogP contribution in [0, 0.1) is 0 Å². The van der Waals surface area contributed by atoms with Crippen LogP contribution >= 0.6 is 19.2 Å². The molecule has 4 aromatic heterocycles. The molecule has 0 aromatic carbocycles. The van der Waals surface area contributed by atoms with Crippen molar-refractivity contribution >= 4 is 30.8 Å². The standard InChI is InChI=1S/C23H27N8O6PS/c1-2-36-17-6-4-16(5-7-17)31-12-18(20(29-31)21-24-8-3-9-25-21)27-22(32)19-13-39-23(28-19)15-10-26-30(11-15)14-37-38(33,34)35/h3,8-13,16-17H,2,4-7,14H2,1H3,(H,27,32)(H2,33,34,35)/p-2. The van der Waals surface area contributed by atoms with Crippen LogP contribution in [0.4, 0.5) is 5.69 Å². The van der Waals surface area contributed by atoms with E-state index in [1.165, 1.54) is 23.7 Å². The minimum atomic E-state index is -5.12. The number of amides is 1. The third kappa shape index (κ3) is 6.82. The monoisotopic (exact) mass is 572 g/mol. The molecule has 14 nitrogen and oxygen atoms in total. The number of hydrogen-bond acceptors (Lipinski definition) is 12. The number of phosphoric acid groups is 1. The van der Waals surface area contributed by atoms with Crippen molar-refractivity contribution in [2.24, 2.45) is 0 Å². The van der Waals surface area contributed by atoms with Crippen LogP contribution in [0.1, 0.15) is 49.1 Å². The fourth-order valence-electron chi connectivity index (χ4n) is 4.34. The van der Waals surface area contributed by atoms with Gasteiger partial charge in [-0.3, -0.25) is 9.48 Å². The van der Waals surface area contributed by atoms with Crippen LogP contribution in [-0.4, -0.2) is 53.1 Å². The number of carbonyl (C=O) groups excluding carboxylic acids is 1. The number of thiazole rings is 1. The highest BCUT2D eigenvalue weighted by atomic mass is 32.1. The molecule has 1 amide bonds. The smallest absolute Gasteiger partial charge is 0.275 e. The number of phosphoric ester groups is 1. The highest BCUT2D eigenvalue weighted by molar-refractivity contribution is 7.43. The van der Waals surface area contributed by atoms with Gasteiger partial charge in [-0.1, -0.05) is 0 Å². The predicted molar refractivity (Wildman–Crippen MR) is 136 cm³/mol. The van der Waals surface area contributed by atoms with Crippen LogP contribution in [0.5, 0.6) is 0 Å². The zero-order chi connectivity index (χ0) is 27.4. The van der Waals surface area contributed by atoms with Gasteiger partial charge in [0.25, 0.3) is 5.91 Å². The summed E-state index contributed by atoms with van der Waals surface area (Å²) in [7, 11) is -5.12. The second-order valence-electron chi connectivity index (χ2n) is 8.80. The minimum Gasteiger partial charge on any atom is -0.790 e. The fraction of sp³-hybridized carbons (Fsp3) is 0.391. The van der Waals surface area contributed by atoms with Crippen LogP contribution in [0.3, 0.4) is 0 Å². The van der Waals surface area contributed by atoms with E-state index in [1.807, 2.05) is 11.6 Å². The molecule has 1 saturated carbocycles. The Kier molecular flexibility index (Phi) is 8.26. The molecule has 0 spiro atoms. The van der Waals surface area contributed by atoms with Crippen LogP contribution < -0.4 is 15.1 Å². The normalized spacial score (nSPS) is 17.8. The number of anilines is 1. The average molecular weight is 573 g/mol. The summed E-state index contributed by atoms with van der Waals surface area (Å²) in [5, 5.41) is 13.7. The molecule has 16 heteroatoms. The van der Waals surface area contributed by atoms with Crippen molar-refractivity contribution < 1.29 is 28.4 Å². The molecule has 39 heavy (non-hydrogen) atoms.